The van der Waals surface area contributed by atoms with Crippen molar-refractivity contribution in [1.29, 1.82) is 0 Å². The van der Waals surface area contributed by atoms with Gasteiger partial charge in [-0.05, 0) is 91.4 Å². The topological polar surface area (TPSA) is 143 Å². The van der Waals surface area contributed by atoms with Crippen LogP contribution in [0.2, 0.25) is 0 Å². The number of hydrogen-bond acceptors (Lipinski definition) is 6. The number of nitrogens with two attached hydrogens (primary N) is 1. The maximum absolute atomic E-state index is 12.9. The van der Waals surface area contributed by atoms with Crippen molar-refractivity contribution in [3.8, 4) is 5.75 Å². The second-order valence-corrected chi connectivity index (χ2v) is 11.5. The molecule has 1 saturated heterocycles. The molecule has 1 aliphatic carbocycles. The minimum Gasteiger partial charge on any atom is -0.493 e. The van der Waals surface area contributed by atoms with Crippen LogP contribution < -0.4 is 26.4 Å². The van der Waals surface area contributed by atoms with Crippen LogP contribution in [0.3, 0.4) is 0 Å². The largest absolute Gasteiger partial charge is 0.493 e. The molecule has 1 atom stereocenters. The Labute approximate surface area is 234 Å². The monoisotopic (exact) mass is 547 g/mol. The van der Waals surface area contributed by atoms with Gasteiger partial charge in [-0.2, -0.15) is 0 Å². The molecule has 3 aliphatic rings. The fourth-order valence-corrected chi connectivity index (χ4v) is 5.69. The Bertz CT molecular complexity index is 1290. The summed E-state index contributed by atoms with van der Waals surface area (Å²) in [5.41, 5.74) is 9.00. The molecule has 10 heteroatoms. The first-order valence-electron chi connectivity index (χ1n) is 14.0. The number of rotatable bonds is 8. The lowest BCUT2D eigenvalue weighted by Crippen LogP contribution is -2.52. The summed E-state index contributed by atoms with van der Waals surface area (Å²) < 4.78 is 5.99. The smallest absolute Gasteiger partial charge is 0.319 e. The summed E-state index contributed by atoms with van der Waals surface area (Å²) in [5.74, 6) is 0.350. The average Bonchev–Trinajstić information content (AvgIpc) is 3.27. The SMILES string of the molecule is CC1(CN)CCC(COc2ccc(NC(=O)NCc3ccc4c(c3)CN(C3CCC(=O)NC3=O)C4=O)cc2)CC1. The lowest BCUT2D eigenvalue weighted by molar-refractivity contribution is -0.136. The zero-order valence-electron chi connectivity index (χ0n) is 22.8. The number of nitrogens with one attached hydrogen (secondary N) is 3. The highest BCUT2D eigenvalue weighted by Crippen LogP contribution is 2.38. The van der Waals surface area contributed by atoms with E-state index in [0.717, 1.165) is 49.1 Å². The van der Waals surface area contributed by atoms with Gasteiger partial charge in [0.2, 0.25) is 11.8 Å². The molecule has 2 aliphatic heterocycles. The van der Waals surface area contributed by atoms with Crippen LogP contribution in [0.5, 0.6) is 5.75 Å². The molecule has 0 radical (unpaired) electrons. The van der Waals surface area contributed by atoms with Crippen LogP contribution in [-0.4, -0.2) is 47.8 Å². The van der Waals surface area contributed by atoms with E-state index >= 15 is 0 Å². The van der Waals surface area contributed by atoms with Gasteiger partial charge < -0.3 is 26.0 Å². The third kappa shape index (κ3) is 6.28. The number of anilines is 1. The zero-order chi connectivity index (χ0) is 28.3. The highest BCUT2D eigenvalue weighted by atomic mass is 16.5. The Morgan fingerprint density at radius 2 is 1.85 bits per heavy atom. The predicted molar refractivity (Wildman–Crippen MR) is 149 cm³/mol. The zero-order valence-corrected chi connectivity index (χ0v) is 22.8. The molecule has 212 valence electrons. The number of amides is 5. The van der Waals surface area contributed by atoms with Crippen LogP contribution in [0.15, 0.2) is 42.5 Å². The molecule has 2 fully saturated rings. The molecule has 0 aromatic heterocycles. The van der Waals surface area contributed by atoms with Gasteiger partial charge in [0.05, 0.1) is 6.61 Å². The molecule has 5 N–H and O–H groups in total. The van der Waals surface area contributed by atoms with Crippen LogP contribution in [-0.2, 0) is 22.7 Å². The van der Waals surface area contributed by atoms with E-state index in [-0.39, 0.29) is 36.2 Å². The van der Waals surface area contributed by atoms with Crippen LogP contribution in [0.1, 0.15) is 66.9 Å². The number of nitrogens with zero attached hydrogens (tertiary/aromatic N) is 1. The number of benzene rings is 2. The Balaban J connectivity index is 1.07. The fourth-order valence-electron chi connectivity index (χ4n) is 5.69. The van der Waals surface area contributed by atoms with Crippen molar-refractivity contribution in [3.63, 3.8) is 0 Å². The first kappa shape index (κ1) is 27.6. The molecule has 1 unspecified atom stereocenters. The quantitative estimate of drug-likeness (QED) is 0.374. The number of piperidine rings is 1. The Morgan fingerprint density at radius 3 is 2.55 bits per heavy atom. The molecular weight excluding hydrogens is 510 g/mol. The van der Waals surface area contributed by atoms with Gasteiger partial charge in [-0.15, -0.1) is 0 Å². The van der Waals surface area contributed by atoms with Crippen molar-refractivity contribution in [2.75, 3.05) is 18.5 Å². The maximum atomic E-state index is 12.9. The van der Waals surface area contributed by atoms with E-state index in [1.165, 1.54) is 4.90 Å². The summed E-state index contributed by atoms with van der Waals surface area (Å²) >= 11 is 0. The van der Waals surface area contributed by atoms with Crippen molar-refractivity contribution in [1.82, 2.24) is 15.5 Å². The van der Waals surface area contributed by atoms with E-state index in [0.29, 0.717) is 36.7 Å². The number of imide groups is 1. The fraction of sp³-hybridized carbons (Fsp3) is 0.467. The van der Waals surface area contributed by atoms with E-state index in [1.807, 2.05) is 30.3 Å². The molecule has 5 rings (SSSR count). The van der Waals surface area contributed by atoms with E-state index < -0.39 is 11.9 Å². The molecule has 2 aromatic rings. The minimum atomic E-state index is -0.651. The van der Waals surface area contributed by atoms with Crippen molar-refractivity contribution < 1.29 is 23.9 Å². The van der Waals surface area contributed by atoms with Crippen LogP contribution in [0.4, 0.5) is 10.5 Å². The number of carbonyl (C=O) groups is 4. The number of carbonyl (C=O) groups excluding carboxylic acids is 4. The molecule has 2 heterocycles. The van der Waals surface area contributed by atoms with Crippen LogP contribution >= 0.6 is 0 Å². The van der Waals surface area contributed by atoms with Crippen molar-refractivity contribution in [3.05, 3.63) is 59.2 Å². The summed E-state index contributed by atoms with van der Waals surface area (Å²) in [4.78, 5) is 50.5. The predicted octanol–water partition coefficient (Wildman–Crippen LogP) is 3.30. The third-order valence-electron chi connectivity index (χ3n) is 8.44. The highest BCUT2D eigenvalue weighted by Gasteiger charge is 2.39. The first-order valence-corrected chi connectivity index (χ1v) is 14.0. The van der Waals surface area contributed by atoms with Crippen molar-refractivity contribution in [2.45, 2.75) is 64.6 Å². The Morgan fingerprint density at radius 1 is 1.10 bits per heavy atom. The molecule has 40 heavy (non-hydrogen) atoms. The maximum Gasteiger partial charge on any atom is 0.319 e. The average molecular weight is 548 g/mol. The molecule has 10 nitrogen and oxygen atoms in total. The lowest BCUT2D eigenvalue weighted by atomic mass is 9.72. The van der Waals surface area contributed by atoms with Gasteiger partial charge in [0.15, 0.2) is 0 Å². The van der Waals surface area contributed by atoms with Gasteiger partial charge in [0, 0.05) is 30.8 Å². The van der Waals surface area contributed by atoms with Gasteiger partial charge >= 0.3 is 6.03 Å². The van der Waals surface area contributed by atoms with Gasteiger partial charge in [-0.3, -0.25) is 19.7 Å². The van der Waals surface area contributed by atoms with Crippen molar-refractivity contribution >= 4 is 29.4 Å². The normalized spacial score (nSPS) is 24.4. The van der Waals surface area contributed by atoms with E-state index in [4.69, 9.17) is 10.5 Å². The molecule has 0 bridgehead atoms. The molecule has 0 spiro atoms. The van der Waals surface area contributed by atoms with Gasteiger partial charge in [0.1, 0.15) is 11.8 Å². The molecule has 5 amide bonds. The number of fused-ring (bicyclic) bond motifs is 1. The third-order valence-corrected chi connectivity index (χ3v) is 8.44. The van der Waals surface area contributed by atoms with Gasteiger partial charge in [0.25, 0.3) is 5.91 Å². The van der Waals surface area contributed by atoms with Gasteiger partial charge in [-0.25, -0.2) is 4.79 Å². The molecule has 2 aromatic carbocycles. The summed E-state index contributed by atoms with van der Waals surface area (Å²) in [7, 11) is 0. The number of urea groups is 1. The van der Waals surface area contributed by atoms with Crippen LogP contribution in [0.25, 0.3) is 0 Å². The van der Waals surface area contributed by atoms with Gasteiger partial charge in [-0.1, -0.05) is 19.1 Å². The van der Waals surface area contributed by atoms with E-state index in [9.17, 15) is 19.2 Å². The standard InChI is InChI=1S/C30H37N5O5/c1-30(18-31)12-10-19(11-13-30)17-40-23-5-3-22(4-6-23)33-29(39)32-15-20-2-7-24-21(14-20)16-35(28(24)38)25-8-9-26(36)34-27(25)37/h2-7,14,19,25H,8-13,15-18,31H2,1H3,(H2,32,33,39)(H,34,36,37). The highest BCUT2D eigenvalue weighted by molar-refractivity contribution is 6.05. The Hall–Kier alpha value is -3.92. The lowest BCUT2D eigenvalue weighted by Gasteiger charge is -2.36. The summed E-state index contributed by atoms with van der Waals surface area (Å²) in [5, 5.41) is 7.97. The van der Waals surface area contributed by atoms with Crippen molar-refractivity contribution in [2.24, 2.45) is 17.1 Å². The summed E-state index contributed by atoms with van der Waals surface area (Å²) in [6.45, 7) is 4.26. The second-order valence-electron chi connectivity index (χ2n) is 11.5. The van der Waals surface area contributed by atoms with E-state index in [1.54, 1.807) is 12.1 Å². The number of ether oxygens (including phenoxy) is 1. The summed E-state index contributed by atoms with van der Waals surface area (Å²) in [6, 6.07) is 11.7. The minimum absolute atomic E-state index is 0.215. The van der Waals surface area contributed by atoms with Crippen LogP contribution in [0, 0.1) is 11.3 Å². The van der Waals surface area contributed by atoms with E-state index in [2.05, 4.69) is 22.9 Å². The molecule has 1 saturated carbocycles. The number of hydrogen-bond donors (Lipinski definition) is 4. The summed E-state index contributed by atoms with van der Waals surface area (Å²) in [6.07, 6.45) is 5.08. The second kappa shape index (κ2) is 11.7. The first-order chi connectivity index (χ1) is 19.2. The Kier molecular flexibility index (Phi) is 8.07. The molecular formula is C30H37N5O5.